The van der Waals surface area contributed by atoms with Crippen molar-refractivity contribution in [2.24, 2.45) is 0 Å². The Balaban J connectivity index is 2.24. The minimum absolute atomic E-state index is 0.0783. The third-order valence-electron chi connectivity index (χ3n) is 3.27. The van der Waals surface area contributed by atoms with E-state index in [1.807, 2.05) is 19.9 Å². The van der Waals surface area contributed by atoms with E-state index in [1.165, 1.54) is 0 Å². The molecule has 1 aromatic rings. The van der Waals surface area contributed by atoms with Crippen molar-refractivity contribution in [3.8, 4) is 6.07 Å². The summed E-state index contributed by atoms with van der Waals surface area (Å²) in [7, 11) is 0. The van der Waals surface area contributed by atoms with Crippen LogP contribution in [0.4, 0.5) is 0 Å². The molecule has 96 valence electrons. The summed E-state index contributed by atoms with van der Waals surface area (Å²) in [4.78, 5) is 14.1. The third-order valence-corrected chi connectivity index (χ3v) is 3.27. The van der Waals surface area contributed by atoms with Crippen molar-refractivity contribution in [1.82, 2.24) is 4.90 Å². The first-order chi connectivity index (χ1) is 8.54. The number of aryl methyl sites for hydroxylation is 2. The second-order valence-electron chi connectivity index (χ2n) is 4.45. The molecule has 1 fully saturated rings. The molecule has 2 rings (SSSR count). The summed E-state index contributed by atoms with van der Waals surface area (Å²) in [5.41, 5.74) is 1.49. The summed E-state index contributed by atoms with van der Waals surface area (Å²) in [6.07, 6.45) is -0.531. The SMILES string of the molecule is Cc1oc(C)c(C(=O)N2CCOC(C#N)C2)c1C. The number of nitriles is 1. The van der Waals surface area contributed by atoms with Gasteiger partial charge in [-0.05, 0) is 20.8 Å². The average Bonchev–Trinajstić information content (AvgIpc) is 2.62. The molecule has 1 aromatic heterocycles. The molecule has 1 atom stereocenters. The normalized spacial score (nSPS) is 19.7. The number of hydrogen-bond donors (Lipinski definition) is 0. The Morgan fingerprint density at radius 2 is 2.11 bits per heavy atom. The monoisotopic (exact) mass is 248 g/mol. The quantitative estimate of drug-likeness (QED) is 0.756. The lowest BCUT2D eigenvalue weighted by atomic mass is 10.1. The molecule has 0 aliphatic carbocycles. The van der Waals surface area contributed by atoms with Crippen LogP contribution in [0, 0.1) is 32.1 Å². The van der Waals surface area contributed by atoms with Gasteiger partial charge in [0.2, 0.25) is 0 Å². The lowest BCUT2D eigenvalue weighted by molar-refractivity contribution is 0.00335. The third kappa shape index (κ3) is 2.12. The smallest absolute Gasteiger partial charge is 0.257 e. The Bertz CT molecular complexity index is 513. The summed E-state index contributed by atoms with van der Waals surface area (Å²) in [5.74, 6) is 1.32. The minimum atomic E-state index is -0.531. The number of furan rings is 1. The molecule has 0 saturated carbocycles. The van der Waals surface area contributed by atoms with Gasteiger partial charge in [0.1, 0.15) is 11.5 Å². The number of hydrogen-bond acceptors (Lipinski definition) is 4. The van der Waals surface area contributed by atoms with Crippen molar-refractivity contribution in [3.05, 3.63) is 22.6 Å². The van der Waals surface area contributed by atoms with Crippen molar-refractivity contribution in [1.29, 1.82) is 5.26 Å². The first-order valence-corrected chi connectivity index (χ1v) is 5.91. The van der Waals surface area contributed by atoms with E-state index in [4.69, 9.17) is 14.4 Å². The van der Waals surface area contributed by atoms with Crippen LogP contribution in [0.3, 0.4) is 0 Å². The van der Waals surface area contributed by atoms with Gasteiger partial charge in [0, 0.05) is 12.1 Å². The lowest BCUT2D eigenvalue weighted by Gasteiger charge is -2.29. The molecule has 5 nitrogen and oxygen atoms in total. The second kappa shape index (κ2) is 4.83. The highest BCUT2D eigenvalue weighted by molar-refractivity contribution is 5.97. The van der Waals surface area contributed by atoms with E-state index in [2.05, 4.69) is 0 Å². The first-order valence-electron chi connectivity index (χ1n) is 5.91. The lowest BCUT2D eigenvalue weighted by Crippen LogP contribution is -2.45. The van der Waals surface area contributed by atoms with Gasteiger partial charge in [-0.1, -0.05) is 0 Å². The van der Waals surface area contributed by atoms with Crippen LogP contribution in [0.15, 0.2) is 4.42 Å². The zero-order valence-corrected chi connectivity index (χ0v) is 10.8. The predicted octanol–water partition coefficient (Wildman–Crippen LogP) is 1.57. The van der Waals surface area contributed by atoms with Gasteiger partial charge in [0.05, 0.1) is 24.8 Å². The highest BCUT2D eigenvalue weighted by Crippen LogP contribution is 2.23. The summed E-state index contributed by atoms with van der Waals surface area (Å²) >= 11 is 0. The van der Waals surface area contributed by atoms with Gasteiger partial charge in [-0.2, -0.15) is 5.26 Å². The number of carbonyl (C=O) groups is 1. The van der Waals surface area contributed by atoms with E-state index >= 15 is 0 Å². The van der Waals surface area contributed by atoms with Crippen LogP contribution in [0.2, 0.25) is 0 Å². The van der Waals surface area contributed by atoms with Gasteiger partial charge >= 0.3 is 0 Å². The molecule has 0 N–H and O–H groups in total. The van der Waals surface area contributed by atoms with E-state index in [-0.39, 0.29) is 5.91 Å². The van der Waals surface area contributed by atoms with Gasteiger partial charge in [-0.3, -0.25) is 4.79 Å². The van der Waals surface area contributed by atoms with Crippen molar-refractivity contribution in [2.45, 2.75) is 26.9 Å². The molecule has 1 aliphatic rings. The largest absolute Gasteiger partial charge is 0.466 e. The van der Waals surface area contributed by atoms with Gasteiger partial charge in [0.25, 0.3) is 5.91 Å². The van der Waals surface area contributed by atoms with Crippen LogP contribution in [0.1, 0.15) is 27.4 Å². The Morgan fingerprint density at radius 1 is 1.39 bits per heavy atom. The summed E-state index contributed by atoms with van der Waals surface area (Å²) in [6.45, 7) is 6.74. The van der Waals surface area contributed by atoms with Crippen LogP contribution in [0.25, 0.3) is 0 Å². The van der Waals surface area contributed by atoms with Crippen molar-refractivity contribution < 1.29 is 13.9 Å². The number of morpholine rings is 1. The van der Waals surface area contributed by atoms with Crippen LogP contribution >= 0.6 is 0 Å². The van der Waals surface area contributed by atoms with E-state index < -0.39 is 6.10 Å². The maximum Gasteiger partial charge on any atom is 0.257 e. The summed E-state index contributed by atoms with van der Waals surface area (Å²) < 4.78 is 10.7. The number of carbonyl (C=O) groups excluding carboxylic acids is 1. The molecule has 1 saturated heterocycles. The van der Waals surface area contributed by atoms with E-state index in [0.717, 1.165) is 11.3 Å². The van der Waals surface area contributed by atoms with Gasteiger partial charge in [-0.25, -0.2) is 0 Å². The molecule has 18 heavy (non-hydrogen) atoms. The number of amides is 1. The Kier molecular flexibility index (Phi) is 3.39. The van der Waals surface area contributed by atoms with Crippen molar-refractivity contribution in [2.75, 3.05) is 19.7 Å². The molecule has 1 amide bonds. The topological polar surface area (TPSA) is 66.5 Å². The zero-order valence-electron chi connectivity index (χ0n) is 10.8. The summed E-state index contributed by atoms with van der Waals surface area (Å²) in [6, 6.07) is 2.04. The zero-order chi connectivity index (χ0) is 13.3. The summed E-state index contributed by atoms with van der Waals surface area (Å²) in [5, 5.41) is 8.84. The molecule has 0 bridgehead atoms. The Labute approximate surface area is 106 Å². The van der Waals surface area contributed by atoms with Crippen molar-refractivity contribution >= 4 is 5.91 Å². The van der Waals surface area contributed by atoms with E-state index in [0.29, 0.717) is 31.0 Å². The van der Waals surface area contributed by atoms with Crippen LogP contribution < -0.4 is 0 Å². The minimum Gasteiger partial charge on any atom is -0.466 e. The van der Waals surface area contributed by atoms with E-state index in [1.54, 1.807) is 11.8 Å². The fraction of sp³-hybridized carbons (Fsp3) is 0.538. The van der Waals surface area contributed by atoms with Crippen LogP contribution in [-0.4, -0.2) is 36.6 Å². The molecule has 2 heterocycles. The maximum atomic E-state index is 12.4. The number of nitrogens with zero attached hydrogens (tertiary/aromatic N) is 2. The number of rotatable bonds is 1. The van der Waals surface area contributed by atoms with Crippen molar-refractivity contribution in [3.63, 3.8) is 0 Å². The standard InChI is InChI=1S/C13H16N2O3/c1-8-9(2)18-10(3)12(8)13(16)15-4-5-17-11(6-14)7-15/h11H,4-5,7H2,1-3H3. The molecule has 0 spiro atoms. The Morgan fingerprint density at radius 3 is 2.67 bits per heavy atom. The van der Waals surface area contributed by atoms with E-state index in [9.17, 15) is 4.79 Å². The molecular weight excluding hydrogens is 232 g/mol. The molecule has 0 radical (unpaired) electrons. The van der Waals surface area contributed by atoms with Crippen LogP contribution in [-0.2, 0) is 4.74 Å². The molecule has 1 unspecified atom stereocenters. The highest BCUT2D eigenvalue weighted by Gasteiger charge is 2.28. The highest BCUT2D eigenvalue weighted by atomic mass is 16.5. The second-order valence-corrected chi connectivity index (χ2v) is 4.45. The van der Waals surface area contributed by atoms with Gasteiger partial charge < -0.3 is 14.1 Å². The van der Waals surface area contributed by atoms with Gasteiger partial charge in [-0.15, -0.1) is 0 Å². The maximum absolute atomic E-state index is 12.4. The first kappa shape index (κ1) is 12.7. The Hall–Kier alpha value is -1.80. The molecular formula is C13H16N2O3. The number of ether oxygens (including phenoxy) is 1. The molecule has 0 aromatic carbocycles. The molecule has 1 aliphatic heterocycles. The average molecular weight is 248 g/mol. The predicted molar refractivity (Wildman–Crippen MR) is 64.2 cm³/mol. The van der Waals surface area contributed by atoms with Gasteiger partial charge in [0.15, 0.2) is 6.10 Å². The van der Waals surface area contributed by atoms with Crippen LogP contribution in [0.5, 0.6) is 0 Å². The molecule has 5 heteroatoms. The fourth-order valence-corrected chi connectivity index (χ4v) is 2.18. The fourth-order valence-electron chi connectivity index (χ4n) is 2.18.